The molecule has 3 nitrogen and oxygen atoms in total. The Labute approximate surface area is 120 Å². The van der Waals surface area contributed by atoms with Crippen LogP contribution in [0.4, 0.5) is 0 Å². The van der Waals surface area contributed by atoms with Crippen molar-refractivity contribution in [3.8, 4) is 5.75 Å². The van der Waals surface area contributed by atoms with Crippen molar-refractivity contribution < 1.29 is 4.74 Å². The molecule has 0 aliphatic carbocycles. The van der Waals surface area contributed by atoms with Crippen molar-refractivity contribution in [2.45, 2.75) is 6.61 Å². The average Bonchev–Trinajstić information content (AvgIpc) is 2.78. The predicted octanol–water partition coefficient (Wildman–Crippen LogP) is 3.91. The molecule has 1 aromatic heterocycles. The minimum Gasteiger partial charge on any atom is -0.488 e. The van der Waals surface area contributed by atoms with Gasteiger partial charge in [-0.25, -0.2) is 4.98 Å². The first-order valence-corrected chi connectivity index (χ1v) is 6.80. The minimum absolute atomic E-state index is 0.558. The number of hydrogen-bond acceptors (Lipinski definition) is 2. The first-order valence-electron chi connectivity index (χ1n) is 6.01. The Kier molecular flexibility index (Phi) is 3.25. The van der Waals surface area contributed by atoms with E-state index in [1.165, 1.54) is 0 Å². The van der Waals surface area contributed by atoms with Gasteiger partial charge in [-0.1, -0.05) is 30.3 Å². The van der Waals surface area contributed by atoms with Gasteiger partial charge in [-0.05, 0) is 27.6 Å². The molecular formula is C15H13BrN2O. The van der Waals surface area contributed by atoms with Gasteiger partial charge in [0.1, 0.15) is 12.4 Å². The monoisotopic (exact) mass is 316 g/mol. The van der Waals surface area contributed by atoms with E-state index in [0.29, 0.717) is 6.61 Å². The molecule has 19 heavy (non-hydrogen) atoms. The molecule has 0 spiro atoms. The van der Waals surface area contributed by atoms with Gasteiger partial charge in [0.25, 0.3) is 0 Å². The summed E-state index contributed by atoms with van der Waals surface area (Å²) in [6.07, 6.45) is 1.80. The number of hydrogen-bond donors (Lipinski definition) is 0. The van der Waals surface area contributed by atoms with E-state index in [1.807, 2.05) is 41.9 Å². The van der Waals surface area contributed by atoms with E-state index in [4.69, 9.17) is 4.74 Å². The molecule has 0 radical (unpaired) electrons. The van der Waals surface area contributed by atoms with Crippen LogP contribution < -0.4 is 4.74 Å². The fourth-order valence-corrected chi connectivity index (χ4v) is 2.42. The van der Waals surface area contributed by atoms with Crippen LogP contribution in [0.1, 0.15) is 5.56 Å². The van der Waals surface area contributed by atoms with Crippen molar-refractivity contribution >= 4 is 27.0 Å². The number of halogens is 1. The number of benzene rings is 2. The van der Waals surface area contributed by atoms with Crippen LogP contribution in [0, 0.1) is 0 Å². The number of aromatic nitrogens is 2. The van der Waals surface area contributed by atoms with Crippen LogP contribution in [-0.2, 0) is 13.7 Å². The molecule has 0 aliphatic rings. The Bertz CT molecular complexity index is 707. The van der Waals surface area contributed by atoms with Gasteiger partial charge in [0.15, 0.2) is 0 Å². The van der Waals surface area contributed by atoms with Crippen molar-refractivity contribution in [1.82, 2.24) is 9.55 Å². The van der Waals surface area contributed by atoms with Gasteiger partial charge in [0.05, 0.1) is 21.8 Å². The molecule has 0 atom stereocenters. The number of ether oxygens (including phenoxy) is 1. The quantitative estimate of drug-likeness (QED) is 0.732. The number of nitrogens with zero attached hydrogens (tertiary/aromatic N) is 2. The minimum atomic E-state index is 0.558. The Morgan fingerprint density at radius 1 is 1.21 bits per heavy atom. The van der Waals surface area contributed by atoms with Gasteiger partial charge in [-0.15, -0.1) is 0 Å². The van der Waals surface area contributed by atoms with Crippen molar-refractivity contribution in [2.24, 2.45) is 7.05 Å². The fourth-order valence-electron chi connectivity index (χ4n) is 1.98. The zero-order valence-corrected chi connectivity index (χ0v) is 12.1. The summed E-state index contributed by atoms with van der Waals surface area (Å²) in [5, 5.41) is 0. The molecule has 0 saturated carbocycles. The van der Waals surface area contributed by atoms with Crippen molar-refractivity contribution in [2.75, 3.05) is 0 Å². The zero-order valence-electron chi connectivity index (χ0n) is 10.5. The molecule has 0 saturated heterocycles. The molecule has 1 heterocycles. The Morgan fingerprint density at radius 3 is 2.79 bits per heavy atom. The van der Waals surface area contributed by atoms with Crippen LogP contribution in [-0.4, -0.2) is 9.55 Å². The fraction of sp³-hybridized carbons (Fsp3) is 0.133. The first-order chi connectivity index (χ1) is 9.24. The maximum absolute atomic E-state index is 5.87. The summed E-state index contributed by atoms with van der Waals surface area (Å²) in [6, 6.07) is 14.1. The number of imidazole rings is 1. The third-order valence-electron chi connectivity index (χ3n) is 3.02. The highest BCUT2D eigenvalue weighted by Gasteiger charge is 2.07. The van der Waals surface area contributed by atoms with Gasteiger partial charge >= 0.3 is 0 Å². The van der Waals surface area contributed by atoms with Crippen LogP contribution in [0.3, 0.4) is 0 Å². The van der Waals surface area contributed by atoms with Crippen LogP contribution in [0.2, 0.25) is 0 Å². The summed E-state index contributed by atoms with van der Waals surface area (Å²) in [4.78, 5) is 4.32. The highest BCUT2D eigenvalue weighted by Crippen LogP contribution is 2.30. The van der Waals surface area contributed by atoms with E-state index >= 15 is 0 Å². The normalized spacial score (nSPS) is 10.8. The molecule has 4 heteroatoms. The van der Waals surface area contributed by atoms with Gasteiger partial charge < -0.3 is 9.30 Å². The Hall–Kier alpha value is -1.81. The van der Waals surface area contributed by atoms with Crippen LogP contribution in [0.25, 0.3) is 11.0 Å². The van der Waals surface area contributed by atoms with Crippen LogP contribution in [0.15, 0.2) is 53.3 Å². The molecule has 3 aromatic rings. The average molecular weight is 317 g/mol. The number of fused-ring (bicyclic) bond motifs is 1. The second-order valence-electron chi connectivity index (χ2n) is 4.40. The highest BCUT2D eigenvalue weighted by molar-refractivity contribution is 9.10. The SMILES string of the molecule is Cn1cnc2cc(Br)c(OCc3ccccc3)cc21. The van der Waals surface area contributed by atoms with E-state index in [9.17, 15) is 0 Å². The summed E-state index contributed by atoms with van der Waals surface area (Å²) in [6.45, 7) is 0.558. The lowest BCUT2D eigenvalue weighted by Crippen LogP contribution is -1.96. The third kappa shape index (κ3) is 2.49. The molecule has 0 amide bonds. The Balaban J connectivity index is 1.88. The zero-order chi connectivity index (χ0) is 13.2. The van der Waals surface area contributed by atoms with E-state index < -0.39 is 0 Å². The molecule has 0 N–H and O–H groups in total. The molecule has 2 aromatic carbocycles. The molecule has 0 bridgehead atoms. The van der Waals surface area contributed by atoms with E-state index in [0.717, 1.165) is 26.8 Å². The summed E-state index contributed by atoms with van der Waals surface area (Å²) in [7, 11) is 1.98. The largest absolute Gasteiger partial charge is 0.488 e. The smallest absolute Gasteiger partial charge is 0.136 e. The van der Waals surface area contributed by atoms with E-state index in [2.05, 4.69) is 33.0 Å². The lowest BCUT2D eigenvalue weighted by atomic mass is 10.2. The summed E-state index contributed by atoms with van der Waals surface area (Å²) < 4.78 is 8.78. The van der Waals surface area contributed by atoms with Gasteiger partial charge in [-0.3, -0.25) is 0 Å². The van der Waals surface area contributed by atoms with Gasteiger partial charge in [0.2, 0.25) is 0 Å². The maximum atomic E-state index is 5.87. The Morgan fingerprint density at radius 2 is 2.00 bits per heavy atom. The van der Waals surface area contributed by atoms with E-state index in [1.54, 1.807) is 6.33 Å². The van der Waals surface area contributed by atoms with Crippen LogP contribution in [0.5, 0.6) is 5.75 Å². The predicted molar refractivity (Wildman–Crippen MR) is 79.2 cm³/mol. The van der Waals surface area contributed by atoms with Gasteiger partial charge in [0, 0.05) is 13.1 Å². The van der Waals surface area contributed by atoms with Crippen molar-refractivity contribution in [3.05, 3.63) is 58.8 Å². The number of aryl methyl sites for hydroxylation is 1. The highest BCUT2D eigenvalue weighted by atomic mass is 79.9. The molecule has 0 aliphatic heterocycles. The lowest BCUT2D eigenvalue weighted by molar-refractivity contribution is 0.304. The molecular weight excluding hydrogens is 304 g/mol. The molecule has 0 fully saturated rings. The lowest BCUT2D eigenvalue weighted by Gasteiger charge is -2.09. The van der Waals surface area contributed by atoms with Crippen molar-refractivity contribution in [1.29, 1.82) is 0 Å². The molecule has 0 unspecified atom stereocenters. The number of rotatable bonds is 3. The third-order valence-corrected chi connectivity index (χ3v) is 3.64. The summed E-state index contributed by atoms with van der Waals surface area (Å²) in [5.41, 5.74) is 3.17. The maximum Gasteiger partial charge on any atom is 0.136 e. The summed E-state index contributed by atoms with van der Waals surface area (Å²) >= 11 is 3.53. The second kappa shape index (κ2) is 5.05. The van der Waals surface area contributed by atoms with Crippen LogP contribution >= 0.6 is 15.9 Å². The topological polar surface area (TPSA) is 27.1 Å². The molecule has 96 valence electrons. The first kappa shape index (κ1) is 12.2. The molecule has 3 rings (SSSR count). The second-order valence-corrected chi connectivity index (χ2v) is 5.26. The van der Waals surface area contributed by atoms with Gasteiger partial charge in [-0.2, -0.15) is 0 Å². The van der Waals surface area contributed by atoms with E-state index in [-0.39, 0.29) is 0 Å². The standard InChI is InChI=1S/C15H13BrN2O/c1-18-10-17-13-7-12(16)15(8-14(13)18)19-9-11-5-3-2-4-6-11/h2-8,10H,9H2,1H3. The van der Waals surface area contributed by atoms with Crippen molar-refractivity contribution in [3.63, 3.8) is 0 Å². The summed E-state index contributed by atoms with van der Waals surface area (Å²) in [5.74, 6) is 0.833.